The summed E-state index contributed by atoms with van der Waals surface area (Å²) < 4.78 is 0.964. The molecule has 0 aliphatic rings. The monoisotopic (exact) mass is 348 g/mol. The quantitative estimate of drug-likeness (QED) is 0.781. The molecular weight excluding hydrogens is 332 g/mol. The molecule has 0 atom stereocenters. The molecule has 2 rings (SSSR count). The van der Waals surface area contributed by atoms with Crippen molar-refractivity contribution < 1.29 is 4.79 Å². The van der Waals surface area contributed by atoms with Crippen LogP contribution in [0.25, 0.3) is 0 Å². The lowest BCUT2D eigenvalue weighted by Gasteiger charge is -2.06. The Kier molecular flexibility index (Phi) is 5.68. The predicted octanol–water partition coefficient (Wildman–Crippen LogP) is 3.70. The van der Waals surface area contributed by atoms with Gasteiger partial charge in [-0.3, -0.25) is 4.79 Å². The molecule has 2 aromatic rings. The first kappa shape index (κ1) is 15.4. The average Bonchev–Trinajstić information content (AvgIpc) is 2.50. The summed E-state index contributed by atoms with van der Waals surface area (Å²) in [5, 5.41) is 5.91. The van der Waals surface area contributed by atoms with Crippen LogP contribution < -0.4 is 10.6 Å². The van der Waals surface area contributed by atoms with E-state index in [1.54, 1.807) is 0 Å². The number of carbonyl (C=O) groups excluding carboxylic acids is 1. The van der Waals surface area contributed by atoms with Gasteiger partial charge in [0.25, 0.3) is 5.91 Å². The number of rotatable bonds is 6. The van der Waals surface area contributed by atoms with Crippen LogP contribution in [0.1, 0.15) is 30.1 Å². The van der Waals surface area contributed by atoms with Crippen LogP contribution in [0, 0.1) is 0 Å². The van der Waals surface area contributed by atoms with Crippen molar-refractivity contribution in [1.29, 1.82) is 0 Å². The van der Waals surface area contributed by atoms with Gasteiger partial charge in [-0.15, -0.1) is 0 Å². The fraction of sp³-hybridized carbons (Fsp3) is 0.267. The third-order valence-electron chi connectivity index (χ3n) is 2.83. The van der Waals surface area contributed by atoms with Crippen LogP contribution in [0.5, 0.6) is 0 Å². The maximum atomic E-state index is 12.0. The third kappa shape index (κ3) is 4.82. The summed E-state index contributed by atoms with van der Waals surface area (Å²) in [6.45, 7) is 2.96. The van der Waals surface area contributed by atoms with Crippen LogP contribution >= 0.6 is 15.9 Å². The largest absolute Gasteiger partial charge is 0.354 e. The van der Waals surface area contributed by atoms with Crippen LogP contribution in [-0.4, -0.2) is 22.4 Å². The molecule has 110 valence electrons. The van der Waals surface area contributed by atoms with Gasteiger partial charge in [0.1, 0.15) is 0 Å². The molecular formula is C15H17BrN4O. The van der Waals surface area contributed by atoms with Crippen molar-refractivity contribution >= 4 is 33.5 Å². The van der Waals surface area contributed by atoms with E-state index in [0.717, 1.165) is 29.5 Å². The summed E-state index contributed by atoms with van der Waals surface area (Å²) in [6.07, 6.45) is 5.22. The van der Waals surface area contributed by atoms with Crippen molar-refractivity contribution in [3.8, 4) is 0 Å². The first-order chi connectivity index (χ1) is 10.2. The van der Waals surface area contributed by atoms with Gasteiger partial charge in [-0.05, 0) is 30.7 Å². The number of hydrogen-bond acceptors (Lipinski definition) is 4. The zero-order valence-electron chi connectivity index (χ0n) is 11.8. The number of benzene rings is 1. The summed E-state index contributed by atoms with van der Waals surface area (Å²) in [5.74, 6) is 0.320. The Balaban J connectivity index is 1.94. The molecule has 1 aromatic carbocycles. The third-order valence-corrected chi connectivity index (χ3v) is 3.36. The zero-order chi connectivity index (χ0) is 15.1. The van der Waals surface area contributed by atoms with E-state index in [1.165, 1.54) is 12.4 Å². The number of hydrogen-bond donors (Lipinski definition) is 2. The van der Waals surface area contributed by atoms with Gasteiger partial charge in [0.15, 0.2) is 0 Å². The summed E-state index contributed by atoms with van der Waals surface area (Å²) in [4.78, 5) is 20.3. The summed E-state index contributed by atoms with van der Waals surface area (Å²) >= 11 is 3.35. The first-order valence-corrected chi connectivity index (χ1v) is 7.61. The highest BCUT2D eigenvalue weighted by atomic mass is 79.9. The lowest BCUT2D eigenvalue weighted by atomic mass is 10.3. The number of carbonyl (C=O) groups is 1. The molecule has 0 fully saturated rings. The van der Waals surface area contributed by atoms with Gasteiger partial charge in [-0.25, -0.2) is 9.97 Å². The second-order valence-electron chi connectivity index (χ2n) is 4.54. The van der Waals surface area contributed by atoms with E-state index in [0.29, 0.717) is 11.5 Å². The fourth-order valence-corrected chi connectivity index (χ4v) is 1.91. The van der Waals surface area contributed by atoms with Crippen molar-refractivity contribution in [1.82, 2.24) is 9.97 Å². The van der Waals surface area contributed by atoms with Crippen LogP contribution in [0.15, 0.2) is 41.1 Å². The normalized spacial score (nSPS) is 10.2. The Morgan fingerprint density at radius 3 is 2.48 bits per heavy atom. The predicted molar refractivity (Wildman–Crippen MR) is 87.5 cm³/mol. The van der Waals surface area contributed by atoms with Crippen molar-refractivity contribution in [3.05, 3.63) is 46.7 Å². The van der Waals surface area contributed by atoms with Gasteiger partial charge in [0.05, 0.1) is 5.56 Å². The van der Waals surface area contributed by atoms with Gasteiger partial charge < -0.3 is 10.6 Å². The van der Waals surface area contributed by atoms with Crippen molar-refractivity contribution in [2.24, 2.45) is 0 Å². The van der Waals surface area contributed by atoms with E-state index in [1.807, 2.05) is 24.3 Å². The van der Waals surface area contributed by atoms with Crippen molar-refractivity contribution in [2.45, 2.75) is 19.8 Å². The van der Waals surface area contributed by atoms with Crippen molar-refractivity contribution in [3.63, 3.8) is 0 Å². The molecule has 1 aromatic heterocycles. The van der Waals surface area contributed by atoms with Crippen LogP contribution in [-0.2, 0) is 0 Å². The molecule has 1 heterocycles. The average molecular weight is 349 g/mol. The molecule has 0 bridgehead atoms. The molecule has 0 aliphatic heterocycles. The number of aromatic nitrogens is 2. The highest BCUT2D eigenvalue weighted by molar-refractivity contribution is 9.10. The number of nitrogens with one attached hydrogen (secondary N) is 2. The Morgan fingerprint density at radius 2 is 1.86 bits per heavy atom. The molecule has 5 nitrogen and oxygen atoms in total. The molecule has 0 aliphatic carbocycles. The number of amides is 1. The lowest BCUT2D eigenvalue weighted by Crippen LogP contribution is -2.13. The summed E-state index contributed by atoms with van der Waals surface area (Å²) in [6, 6.07) is 7.38. The van der Waals surface area contributed by atoms with Crippen LogP contribution in [0.3, 0.4) is 0 Å². The minimum atomic E-state index is -0.225. The van der Waals surface area contributed by atoms with E-state index in [-0.39, 0.29) is 5.91 Å². The molecule has 2 N–H and O–H groups in total. The van der Waals surface area contributed by atoms with Gasteiger partial charge in [-0.2, -0.15) is 0 Å². The molecule has 0 radical (unpaired) electrons. The van der Waals surface area contributed by atoms with Gasteiger partial charge >= 0.3 is 0 Å². The minimum Gasteiger partial charge on any atom is -0.354 e. The SMILES string of the molecule is CCCCNc1ncc(C(=O)Nc2ccc(Br)cc2)cn1. The minimum absolute atomic E-state index is 0.225. The topological polar surface area (TPSA) is 66.9 Å². The Hall–Kier alpha value is -1.95. The molecule has 0 spiro atoms. The van der Waals surface area contributed by atoms with Crippen LogP contribution in [0.4, 0.5) is 11.6 Å². The van der Waals surface area contributed by atoms with E-state index >= 15 is 0 Å². The van der Waals surface area contributed by atoms with Crippen molar-refractivity contribution in [2.75, 3.05) is 17.2 Å². The first-order valence-electron chi connectivity index (χ1n) is 6.82. The lowest BCUT2D eigenvalue weighted by molar-refractivity contribution is 0.102. The van der Waals surface area contributed by atoms with Gasteiger partial charge in [-0.1, -0.05) is 29.3 Å². The Bertz CT molecular complexity index is 584. The van der Waals surface area contributed by atoms with E-state index in [2.05, 4.69) is 43.5 Å². The standard InChI is InChI=1S/C15H17BrN4O/c1-2-3-8-17-15-18-9-11(10-19-15)14(21)20-13-6-4-12(16)5-7-13/h4-7,9-10H,2-3,8H2,1H3,(H,20,21)(H,17,18,19). The Morgan fingerprint density at radius 1 is 1.19 bits per heavy atom. The number of nitrogens with zero attached hydrogens (tertiary/aromatic N) is 2. The van der Waals surface area contributed by atoms with Gasteiger partial charge in [0.2, 0.25) is 5.95 Å². The second kappa shape index (κ2) is 7.73. The molecule has 6 heteroatoms. The highest BCUT2D eigenvalue weighted by Gasteiger charge is 2.07. The molecule has 0 unspecified atom stereocenters. The number of halogens is 1. The number of anilines is 2. The maximum absolute atomic E-state index is 12.0. The second-order valence-corrected chi connectivity index (χ2v) is 5.45. The zero-order valence-corrected chi connectivity index (χ0v) is 13.4. The smallest absolute Gasteiger partial charge is 0.258 e. The van der Waals surface area contributed by atoms with E-state index < -0.39 is 0 Å². The number of unbranched alkanes of at least 4 members (excludes halogenated alkanes) is 1. The Labute approximate surface area is 132 Å². The van der Waals surface area contributed by atoms with E-state index in [4.69, 9.17) is 0 Å². The summed E-state index contributed by atoms with van der Waals surface area (Å²) in [5.41, 5.74) is 1.16. The van der Waals surface area contributed by atoms with Crippen LogP contribution in [0.2, 0.25) is 0 Å². The molecule has 0 saturated carbocycles. The molecule has 0 saturated heterocycles. The highest BCUT2D eigenvalue weighted by Crippen LogP contribution is 2.15. The summed E-state index contributed by atoms with van der Waals surface area (Å²) in [7, 11) is 0. The molecule has 21 heavy (non-hydrogen) atoms. The van der Waals surface area contributed by atoms with Gasteiger partial charge in [0, 0.05) is 29.1 Å². The van der Waals surface area contributed by atoms with E-state index in [9.17, 15) is 4.79 Å². The maximum Gasteiger partial charge on any atom is 0.258 e. The molecule has 1 amide bonds. The fourth-order valence-electron chi connectivity index (χ4n) is 1.65.